The van der Waals surface area contributed by atoms with E-state index in [1.54, 1.807) is 0 Å². The molecule has 14 heavy (non-hydrogen) atoms. The summed E-state index contributed by atoms with van der Waals surface area (Å²) in [6.45, 7) is 6.63. The number of hydrogen-bond acceptors (Lipinski definition) is 2. The molecule has 2 heteroatoms. The van der Waals surface area contributed by atoms with Crippen molar-refractivity contribution in [2.24, 2.45) is 0 Å². The van der Waals surface area contributed by atoms with Crippen LogP contribution in [-0.4, -0.2) is 18.1 Å². The molecule has 1 saturated heterocycles. The molecule has 1 atom stereocenters. The molecule has 1 aromatic rings. The van der Waals surface area contributed by atoms with Crippen LogP contribution in [0.2, 0.25) is 0 Å². The van der Waals surface area contributed by atoms with Crippen LogP contribution in [0.5, 0.6) is 0 Å². The van der Waals surface area contributed by atoms with Gasteiger partial charge in [-0.05, 0) is 30.5 Å². The van der Waals surface area contributed by atoms with E-state index in [4.69, 9.17) is 0 Å². The molecule has 2 nitrogen and oxygen atoms in total. The van der Waals surface area contributed by atoms with E-state index in [1.807, 2.05) is 6.20 Å². The van der Waals surface area contributed by atoms with Crippen LogP contribution in [0.1, 0.15) is 43.4 Å². The normalized spacial score (nSPS) is 21.8. The highest BCUT2D eigenvalue weighted by Gasteiger charge is 2.17. The Morgan fingerprint density at radius 1 is 1.43 bits per heavy atom. The van der Waals surface area contributed by atoms with E-state index in [0.29, 0.717) is 11.8 Å². The van der Waals surface area contributed by atoms with E-state index in [9.17, 15) is 0 Å². The number of nitrogens with zero attached hydrogens (tertiary/aromatic N) is 1. The van der Waals surface area contributed by atoms with Crippen LogP contribution in [0.3, 0.4) is 0 Å². The van der Waals surface area contributed by atoms with Gasteiger partial charge in [0.2, 0.25) is 0 Å². The van der Waals surface area contributed by atoms with Gasteiger partial charge in [0.15, 0.2) is 0 Å². The molecule has 0 amide bonds. The standard InChI is InChI=1S/C12H18N2/c1-9(2)10-3-4-12(14-8-10)11-5-6-13-7-11/h3-4,8-9,11,13H,5-7H2,1-2H3. The van der Waals surface area contributed by atoms with Crippen molar-refractivity contribution in [2.45, 2.75) is 32.1 Å². The minimum absolute atomic E-state index is 0.582. The van der Waals surface area contributed by atoms with Crippen LogP contribution in [0.15, 0.2) is 18.3 Å². The Kier molecular flexibility index (Phi) is 2.82. The molecule has 1 N–H and O–H groups in total. The molecule has 0 bridgehead atoms. The predicted octanol–water partition coefficient (Wildman–Crippen LogP) is 2.28. The maximum atomic E-state index is 4.54. The number of pyridine rings is 1. The first kappa shape index (κ1) is 9.66. The lowest BCUT2D eigenvalue weighted by Crippen LogP contribution is -2.08. The summed E-state index contributed by atoms with van der Waals surface area (Å²) in [6, 6.07) is 4.40. The Labute approximate surface area is 85.7 Å². The van der Waals surface area contributed by atoms with Crippen molar-refractivity contribution in [3.8, 4) is 0 Å². The largest absolute Gasteiger partial charge is 0.316 e. The molecular weight excluding hydrogens is 172 g/mol. The molecular formula is C12H18N2. The van der Waals surface area contributed by atoms with Crippen LogP contribution >= 0.6 is 0 Å². The highest BCUT2D eigenvalue weighted by Crippen LogP contribution is 2.21. The lowest BCUT2D eigenvalue weighted by atomic mass is 10.0. The topological polar surface area (TPSA) is 24.9 Å². The lowest BCUT2D eigenvalue weighted by Gasteiger charge is -2.09. The highest BCUT2D eigenvalue weighted by molar-refractivity contribution is 5.20. The molecule has 1 aromatic heterocycles. The van der Waals surface area contributed by atoms with Gasteiger partial charge >= 0.3 is 0 Å². The fourth-order valence-corrected chi connectivity index (χ4v) is 1.91. The van der Waals surface area contributed by atoms with Gasteiger partial charge in [0, 0.05) is 24.4 Å². The molecule has 1 aliphatic heterocycles. The lowest BCUT2D eigenvalue weighted by molar-refractivity contribution is 0.730. The first-order valence-electron chi connectivity index (χ1n) is 5.44. The Morgan fingerprint density at radius 3 is 2.79 bits per heavy atom. The zero-order valence-corrected chi connectivity index (χ0v) is 8.96. The molecule has 0 radical (unpaired) electrons. The third-order valence-corrected chi connectivity index (χ3v) is 2.95. The number of hydrogen-bond donors (Lipinski definition) is 1. The van der Waals surface area contributed by atoms with Gasteiger partial charge in [0.05, 0.1) is 0 Å². The second kappa shape index (κ2) is 4.09. The van der Waals surface area contributed by atoms with Crippen molar-refractivity contribution in [1.29, 1.82) is 0 Å². The van der Waals surface area contributed by atoms with Gasteiger partial charge in [-0.15, -0.1) is 0 Å². The second-order valence-corrected chi connectivity index (χ2v) is 4.36. The van der Waals surface area contributed by atoms with Crippen LogP contribution in [0, 0.1) is 0 Å². The van der Waals surface area contributed by atoms with Crippen LogP contribution < -0.4 is 5.32 Å². The monoisotopic (exact) mass is 190 g/mol. The molecule has 0 aromatic carbocycles. The summed E-state index contributed by atoms with van der Waals surface area (Å²) in [7, 11) is 0. The van der Waals surface area contributed by atoms with Crippen molar-refractivity contribution in [1.82, 2.24) is 10.3 Å². The second-order valence-electron chi connectivity index (χ2n) is 4.36. The van der Waals surface area contributed by atoms with Crippen molar-refractivity contribution >= 4 is 0 Å². The quantitative estimate of drug-likeness (QED) is 0.774. The van der Waals surface area contributed by atoms with Gasteiger partial charge in [-0.1, -0.05) is 19.9 Å². The summed E-state index contributed by atoms with van der Waals surface area (Å²) in [4.78, 5) is 4.54. The minimum Gasteiger partial charge on any atom is -0.316 e. The summed E-state index contributed by atoms with van der Waals surface area (Å²) in [5.74, 6) is 1.22. The molecule has 1 unspecified atom stereocenters. The molecule has 1 aliphatic rings. The molecule has 2 rings (SSSR count). The van der Waals surface area contributed by atoms with Crippen molar-refractivity contribution in [2.75, 3.05) is 13.1 Å². The smallest absolute Gasteiger partial charge is 0.0447 e. The van der Waals surface area contributed by atoms with Gasteiger partial charge in [-0.3, -0.25) is 4.98 Å². The first-order chi connectivity index (χ1) is 6.77. The predicted molar refractivity (Wildman–Crippen MR) is 58.6 cm³/mol. The fraction of sp³-hybridized carbons (Fsp3) is 0.583. The highest BCUT2D eigenvalue weighted by atomic mass is 14.9. The average molecular weight is 190 g/mol. The van der Waals surface area contributed by atoms with E-state index < -0.39 is 0 Å². The van der Waals surface area contributed by atoms with Crippen LogP contribution in [0.25, 0.3) is 0 Å². The first-order valence-corrected chi connectivity index (χ1v) is 5.44. The minimum atomic E-state index is 0.582. The van der Waals surface area contributed by atoms with Crippen molar-refractivity contribution in [3.63, 3.8) is 0 Å². The maximum Gasteiger partial charge on any atom is 0.0447 e. The fourth-order valence-electron chi connectivity index (χ4n) is 1.91. The third kappa shape index (κ3) is 1.95. The maximum absolute atomic E-state index is 4.54. The van der Waals surface area contributed by atoms with E-state index in [0.717, 1.165) is 13.1 Å². The molecule has 0 spiro atoms. The third-order valence-electron chi connectivity index (χ3n) is 2.95. The van der Waals surface area contributed by atoms with E-state index in [-0.39, 0.29) is 0 Å². The Morgan fingerprint density at radius 2 is 2.29 bits per heavy atom. The zero-order valence-electron chi connectivity index (χ0n) is 8.96. The van der Waals surface area contributed by atoms with Gasteiger partial charge in [0.1, 0.15) is 0 Å². The zero-order chi connectivity index (χ0) is 9.97. The number of nitrogens with one attached hydrogen (secondary N) is 1. The number of aromatic nitrogens is 1. The summed E-state index contributed by atoms with van der Waals surface area (Å²) < 4.78 is 0. The van der Waals surface area contributed by atoms with Gasteiger partial charge in [0.25, 0.3) is 0 Å². The summed E-state index contributed by atoms with van der Waals surface area (Å²) >= 11 is 0. The van der Waals surface area contributed by atoms with Crippen LogP contribution in [0.4, 0.5) is 0 Å². The molecule has 0 saturated carbocycles. The Hall–Kier alpha value is -0.890. The van der Waals surface area contributed by atoms with Gasteiger partial charge in [-0.2, -0.15) is 0 Å². The van der Waals surface area contributed by atoms with Crippen LogP contribution in [-0.2, 0) is 0 Å². The SMILES string of the molecule is CC(C)c1ccc(C2CCNC2)nc1. The van der Waals surface area contributed by atoms with Crippen molar-refractivity contribution in [3.05, 3.63) is 29.6 Å². The van der Waals surface area contributed by atoms with Crippen molar-refractivity contribution < 1.29 is 0 Å². The van der Waals surface area contributed by atoms with E-state index in [1.165, 1.54) is 17.7 Å². The van der Waals surface area contributed by atoms with E-state index >= 15 is 0 Å². The summed E-state index contributed by atoms with van der Waals surface area (Å²) in [5, 5.41) is 3.37. The molecule has 2 heterocycles. The molecule has 0 aliphatic carbocycles. The Balaban J connectivity index is 2.12. The van der Waals surface area contributed by atoms with Gasteiger partial charge in [-0.25, -0.2) is 0 Å². The average Bonchev–Trinajstić information content (AvgIpc) is 2.71. The molecule has 76 valence electrons. The number of rotatable bonds is 2. The summed E-state index contributed by atoms with van der Waals surface area (Å²) in [5.41, 5.74) is 2.58. The Bertz CT molecular complexity index is 284. The van der Waals surface area contributed by atoms with Gasteiger partial charge < -0.3 is 5.32 Å². The molecule has 1 fully saturated rings. The van der Waals surface area contributed by atoms with E-state index in [2.05, 4.69) is 36.3 Å². The summed E-state index contributed by atoms with van der Waals surface area (Å²) in [6.07, 6.45) is 3.26.